The molecule has 2 fully saturated rings. The van der Waals surface area contributed by atoms with Gasteiger partial charge in [-0.25, -0.2) is 19.7 Å². The van der Waals surface area contributed by atoms with E-state index in [9.17, 15) is 4.79 Å². The normalized spacial score (nSPS) is 20.7. The van der Waals surface area contributed by atoms with E-state index < -0.39 is 11.9 Å². The minimum atomic E-state index is -0.699. The number of rotatable bonds is 5. The summed E-state index contributed by atoms with van der Waals surface area (Å²) in [4.78, 5) is 31.7. The molecule has 12 heteroatoms. The average molecular weight is 433 g/mol. The second kappa shape index (κ2) is 8.84. The summed E-state index contributed by atoms with van der Waals surface area (Å²) < 4.78 is 31.3. The van der Waals surface area contributed by atoms with Crippen molar-refractivity contribution in [3.05, 3.63) is 18.2 Å². The molecule has 1 saturated heterocycles. The fourth-order valence-electron chi connectivity index (χ4n) is 3.45. The minimum absolute atomic E-state index is 0.0361. The zero-order valence-corrected chi connectivity index (χ0v) is 17.3. The van der Waals surface area contributed by atoms with Crippen LogP contribution in [0.4, 0.5) is 21.1 Å². The van der Waals surface area contributed by atoms with Gasteiger partial charge in [0.1, 0.15) is 11.8 Å². The van der Waals surface area contributed by atoms with Crippen LogP contribution in [0.1, 0.15) is 12.8 Å². The van der Waals surface area contributed by atoms with Gasteiger partial charge >= 0.3 is 6.09 Å². The highest BCUT2D eigenvalue weighted by Gasteiger charge is 2.37. The lowest BCUT2D eigenvalue weighted by atomic mass is 9.88. The number of amides is 1. The molecule has 3 heterocycles. The van der Waals surface area contributed by atoms with Crippen LogP contribution in [0.15, 0.2) is 12.4 Å². The molecule has 0 bridgehead atoms. The molecule has 1 amide bonds. The first kappa shape index (κ1) is 21.0. The first-order valence-corrected chi connectivity index (χ1v) is 9.91. The molecule has 166 valence electrons. The number of aromatic nitrogens is 4. The average Bonchev–Trinajstić information content (AvgIpc) is 2.77. The monoisotopic (exact) mass is 433 g/mol. The standard InChI is InChI=1S/C19H24FN7O4/c1-26(19(28)29-2)12-7-13(8-12)31-16-14(20)15(11-9-22-17(21)23-10-11)24-18(25-16)27-3-5-30-6-4-27/h9-10,12-13H,3-8H2,1-2H3,(H2,21,22,23). The molecule has 0 atom stereocenters. The summed E-state index contributed by atoms with van der Waals surface area (Å²) in [6, 6.07) is -0.0361. The maximum absolute atomic E-state index is 15.3. The Morgan fingerprint density at radius 2 is 1.94 bits per heavy atom. The molecule has 1 aliphatic heterocycles. The third-order valence-electron chi connectivity index (χ3n) is 5.41. The largest absolute Gasteiger partial charge is 0.472 e. The molecular weight excluding hydrogens is 409 g/mol. The zero-order valence-electron chi connectivity index (χ0n) is 17.3. The summed E-state index contributed by atoms with van der Waals surface area (Å²) in [6.07, 6.45) is 3.20. The number of nitrogen functional groups attached to an aromatic ring is 1. The van der Waals surface area contributed by atoms with E-state index >= 15 is 4.39 Å². The number of methoxy groups -OCH3 is 1. The zero-order chi connectivity index (χ0) is 22.0. The van der Waals surface area contributed by atoms with Gasteiger partial charge in [0.15, 0.2) is 0 Å². The first-order chi connectivity index (χ1) is 15.0. The number of morpholine rings is 1. The number of ether oxygens (including phenoxy) is 3. The molecular formula is C19H24FN7O4. The summed E-state index contributed by atoms with van der Waals surface area (Å²) in [5.41, 5.74) is 5.95. The van der Waals surface area contributed by atoms with Crippen molar-refractivity contribution < 1.29 is 23.4 Å². The molecule has 0 unspecified atom stereocenters. The lowest BCUT2D eigenvalue weighted by molar-refractivity contribution is 0.0226. The first-order valence-electron chi connectivity index (χ1n) is 9.91. The second-order valence-corrected chi connectivity index (χ2v) is 7.37. The highest BCUT2D eigenvalue weighted by Crippen LogP contribution is 2.33. The molecule has 11 nitrogen and oxygen atoms in total. The summed E-state index contributed by atoms with van der Waals surface area (Å²) in [5.74, 6) is -0.421. The summed E-state index contributed by atoms with van der Waals surface area (Å²) >= 11 is 0. The van der Waals surface area contributed by atoms with Crippen molar-refractivity contribution in [3.8, 4) is 17.1 Å². The van der Waals surface area contributed by atoms with Crippen LogP contribution < -0.4 is 15.4 Å². The molecule has 1 saturated carbocycles. The lowest BCUT2D eigenvalue weighted by Crippen LogP contribution is -2.50. The third kappa shape index (κ3) is 4.43. The van der Waals surface area contributed by atoms with E-state index in [1.165, 1.54) is 24.4 Å². The van der Waals surface area contributed by atoms with Gasteiger partial charge < -0.3 is 29.7 Å². The lowest BCUT2D eigenvalue weighted by Gasteiger charge is -2.39. The highest BCUT2D eigenvalue weighted by molar-refractivity contribution is 5.67. The fraction of sp³-hybridized carbons (Fsp3) is 0.526. The van der Waals surface area contributed by atoms with Gasteiger partial charge in [-0.15, -0.1) is 0 Å². The van der Waals surface area contributed by atoms with Crippen molar-refractivity contribution in [3.63, 3.8) is 0 Å². The van der Waals surface area contributed by atoms with Gasteiger partial charge in [0.05, 0.1) is 20.3 Å². The van der Waals surface area contributed by atoms with Crippen LogP contribution in [0.5, 0.6) is 5.88 Å². The van der Waals surface area contributed by atoms with Crippen molar-refractivity contribution in [2.75, 3.05) is 51.1 Å². The predicted octanol–water partition coefficient (Wildman–Crippen LogP) is 1.10. The maximum Gasteiger partial charge on any atom is 0.409 e. The van der Waals surface area contributed by atoms with E-state index in [1.54, 1.807) is 7.05 Å². The Labute approximate surface area is 178 Å². The SMILES string of the molecule is COC(=O)N(C)C1CC(Oc2nc(N3CCOCC3)nc(-c3cnc(N)nc3)c2F)C1. The number of carbonyl (C=O) groups is 1. The molecule has 31 heavy (non-hydrogen) atoms. The van der Waals surface area contributed by atoms with Gasteiger partial charge in [0.2, 0.25) is 17.7 Å². The van der Waals surface area contributed by atoms with Crippen LogP contribution in [0.25, 0.3) is 11.3 Å². The number of hydrogen-bond acceptors (Lipinski definition) is 10. The molecule has 0 radical (unpaired) electrons. The van der Waals surface area contributed by atoms with Crippen molar-refractivity contribution in [2.45, 2.75) is 25.0 Å². The maximum atomic E-state index is 15.3. The van der Waals surface area contributed by atoms with Gasteiger partial charge in [-0.05, 0) is 0 Å². The quantitative estimate of drug-likeness (QED) is 0.732. The summed E-state index contributed by atoms with van der Waals surface area (Å²) in [7, 11) is 2.99. The van der Waals surface area contributed by atoms with Crippen molar-refractivity contribution in [1.29, 1.82) is 0 Å². The molecule has 2 aromatic heterocycles. The van der Waals surface area contributed by atoms with Crippen LogP contribution in [-0.4, -0.2) is 83.5 Å². The predicted molar refractivity (Wildman–Crippen MR) is 108 cm³/mol. The number of nitrogens with zero attached hydrogens (tertiary/aromatic N) is 6. The number of carbonyl (C=O) groups excluding carboxylic acids is 1. The van der Waals surface area contributed by atoms with Crippen LogP contribution in [0.3, 0.4) is 0 Å². The van der Waals surface area contributed by atoms with E-state index in [1.807, 2.05) is 4.90 Å². The van der Waals surface area contributed by atoms with Crippen LogP contribution in [-0.2, 0) is 9.47 Å². The van der Waals surface area contributed by atoms with Gasteiger partial charge in [-0.3, -0.25) is 0 Å². The Balaban J connectivity index is 1.58. The van der Waals surface area contributed by atoms with Gasteiger partial charge in [0.25, 0.3) is 5.88 Å². The highest BCUT2D eigenvalue weighted by atomic mass is 19.1. The number of anilines is 2. The van der Waals surface area contributed by atoms with Crippen LogP contribution in [0, 0.1) is 5.82 Å². The Kier molecular flexibility index (Phi) is 5.98. The van der Waals surface area contributed by atoms with E-state index in [2.05, 4.69) is 19.9 Å². The molecule has 0 spiro atoms. The van der Waals surface area contributed by atoms with E-state index in [-0.39, 0.29) is 29.7 Å². The Morgan fingerprint density at radius 1 is 1.26 bits per heavy atom. The minimum Gasteiger partial charge on any atom is -0.472 e. The Morgan fingerprint density at radius 3 is 2.58 bits per heavy atom. The molecule has 4 rings (SSSR count). The molecule has 2 aliphatic rings. The Hall–Kier alpha value is -3.28. The van der Waals surface area contributed by atoms with E-state index in [0.29, 0.717) is 50.7 Å². The van der Waals surface area contributed by atoms with Crippen molar-refractivity contribution in [1.82, 2.24) is 24.8 Å². The Bertz CT molecular complexity index is 934. The number of nitrogens with two attached hydrogens (primary N) is 1. The van der Waals surface area contributed by atoms with Gasteiger partial charge in [-0.1, -0.05) is 0 Å². The molecule has 0 aromatic carbocycles. The van der Waals surface area contributed by atoms with Crippen molar-refractivity contribution >= 4 is 18.0 Å². The van der Waals surface area contributed by atoms with Crippen LogP contribution in [0.2, 0.25) is 0 Å². The van der Waals surface area contributed by atoms with E-state index in [4.69, 9.17) is 19.9 Å². The number of hydrogen-bond donors (Lipinski definition) is 1. The molecule has 2 N–H and O–H groups in total. The smallest absolute Gasteiger partial charge is 0.409 e. The topological polar surface area (TPSA) is 129 Å². The number of halogens is 1. The second-order valence-electron chi connectivity index (χ2n) is 7.37. The summed E-state index contributed by atoms with van der Waals surface area (Å²) in [6.45, 7) is 2.22. The van der Waals surface area contributed by atoms with Crippen molar-refractivity contribution in [2.24, 2.45) is 0 Å². The third-order valence-corrected chi connectivity index (χ3v) is 5.41. The van der Waals surface area contributed by atoms with Crippen LogP contribution >= 0.6 is 0 Å². The van der Waals surface area contributed by atoms with Gasteiger partial charge in [-0.2, -0.15) is 9.37 Å². The molecule has 2 aromatic rings. The summed E-state index contributed by atoms with van der Waals surface area (Å²) in [5, 5.41) is 0. The molecule has 1 aliphatic carbocycles. The van der Waals surface area contributed by atoms with E-state index in [0.717, 1.165) is 0 Å². The fourth-order valence-corrected chi connectivity index (χ4v) is 3.45. The van der Waals surface area contributed by atoms with Gasteiger partial charge in [0, 0.05) is 57.0 Å².